The lowest BCUT2D eigenvalue weighted by Crippen LogP contribution is -2.13. The van der Waals surface area contributed by atoms with Gasteiger partial charge in [-0.15, -0.1) is 0 Å². The first-order chi connectivity index (χ1) is 17.3. The number of aromatic nitrogens is 1. The van der Waals surface area contributed by atoms with Crippen LogP contribution in [0, 0.1) is 11.7 Å². The molecule has 0 unspecified atom stereocenters. The van der Waals surface area contributed by atoms with Gasteiger partial charge < -0.3 is 14.2 Å². The van der Waals surface area contributed by atoms with E-state index in [9.17, 15) is 18.0 Å². The van der Waals surface area contributed by atoms with Crippen LogP contribution in [0.4, 0.5) is 18.0 Å². The van der Waals surface area contributed by atoms with Crippen LogP contribution in [0.3, 0.4) is 0 Å². The predicted molar refractivity (Wildman–Crippen MR) is 131 cm³/mol. The predicted octanol–water partition coefficient (Wildman–Crippen LogP) is 8.13. The van der Waals surface area contributed by atoms with Gasteiger partial charge >= 0.3 is 11.9 Å². The summed E-state index contributed by atoms with van der Waals surface area (Å²) in [4.78, 5) is 17.2. The van der Waals surface area contributed by atoms with Crippen LogP contribution in [0.5, 0.6) is 11.5 Å². The minimum atomic E-state index is -3.03. The second kappa shape index (κ2) is 12.1. The van der Waals surface area contributed by atoms with E-state index >= 15 is 0 Å². The molecule has 1 heterocycles. The number of nitrogens with zero attached hydrogens (tertiary/aromatic N) is 1. The summed E-state index contributed by atoms with van der Waals surface area (Å²) in [5.74, 6) is -0.0837. The number of ether oxygens (including phenoxy) is 3. The molecule has 190 valence electrons. The summed E-state index contributed by atoms with van der Waals surface area (Å²) in [7, 11) is 0. The number of alkyl halides is 2. The molecule has 1 aliphatic rings. The van der Waals surface area contributed by atoms with Crippen LogP contribution in [0.15, 0.2) is 59.8 Å². The van der Waals surface area contributed by atoms with Gasteiger partial charge in [0.2, 0.25) is 0 Å². The van der Waals surface area contributed by atoms with E-state index in [1.54, 1.807) is 0 Å². The maximum Gasteiger partial charge on any atom is 0.387 e. The number of hydrogen-bond acceptors (Lipinski definition) is 6. The fourth-order valence-corrected chi connectivity index (χ4v) is 4.46. The van der Waals surface area contributed by atoms with Gasteiger partial charge in [0.1, 0.15) is 11.9 Å². The Labute approximate surface area is 219 Å². The molecule has 1 fully saturated rings. The Morgan fingerprint density at radius 2 is 1.75 bits per heavy atom. The van der Waals surface area contributed by atoms with Crippen molar-refractivity contribution in [2.75, 3.05) is 6.61 Å². The maximum atomic E-state index is 13.2. The molecule has 0 radical (unpaired) electrons. The molecule has 0 N–H and O–H groups in total. The second-order valence-corrected chi connectivity index (χ2v) is 9.86. The van der Waals surface area contributed by atoms with E-state index in [2.05, 4.69) is 9.72 Å². The summed E-state index contributed by atoms with van der Waals surface area (Å²) in [5.41, 5.74) is 0.950. The van der Waals surface area contributed by atoms with Gasteiger partial charge in [0, 0.05) is 23.7 Å². The third kappa shape index (κ3) is 7.44. The summed E-state index contributed by atoms with van der Waals surface area (Å²) < 4.78 is 55.2. The van der Waals surface area contributed by atoms with Gasteiger partial charge in [-0.1, -0.05) is 29.3 Å². The highest BCUT2D eigenvalue weighted by Crippen LogP contribution is 2.38. The van der Waals surface area contributed by atoms with E-state index in [0.29, 0.717) is 28.5 Å². The Hall–Kier alpha value is -2.62. The normalized spacial score (nSPS) is 13.9. The summed E-state index contributed by atoms with van der Waals surface area (Å²) in [6.45, 7) is -2.68. The molecule has 0 bridgehead atoms. The molecule has 36 heavy (non-hydrogen) atoms. The van der Waals surface area contributed by atoms with E-state index in [1.807, 2.05) is 0 Å². The lowest BCUT2D eigenvalue weighted by molar-refractivity contribution is -0.0515. The van der Waals surface area contributed by atoms with E-state index in [4.69, 9.17) is 32.7 Å². The molecule has 0 spiro atoms. The zero-order valence-electron chi connectivity index (χ0n) is 18.6. The second-order valence-electron chi connectivity index (χ2n) is 8.04. The van der Waals surface area contributed by atoms with Gasteiger partial charge in [-0.2, -0.15) is 8.78 Å². The van der Waals surface area contributed by atoms with Crippen molar-refractivity contribution in [3.63, 3.8) is 0 Å². The van der Waals surface area contributed by atoms with Crippen LogP contribution in [0.1, 0.15) is 30.1 Å². The van der Waals surface area contributed by atoms with Crippen molar-refractivity contribution in [2.24, 2.45) is 5.92 Å². The summed E-state index contributed by atoms with van der Waals surface area (Å²) >= 11 is 13.4. The first kappa shape index (κ1) is 26.4. The van der Waals surface area contributed by atoms with Gasteiger partial charge in [0.05, 0.1) is 16.7 Å². The number of halogens is 5. The van der Waals surface area contributed by atoms with Crippen molar-refractivity contribution in [2.45, 2.75) is 36.9 Å². The van der Waals surface area contributed by atoms with E-state index in [-0.39, 0.29) is 28.0 Å². The van der Waals surface area contributed by atoms with Gasteiger partial charge in [-0.05, 0) is 78.0 Å². The number of benzene rings is 2. The van der Waals surface area contributed by atoms with Crippen LogP contribution < -0.4 is 9.47 Å². The molecular formula is C25H20Cl2F3NO4S. The Morgan fingerprint density at radius 1 is 1.06 bits per heavy atom. The van der Waals surface area contributed by atoms with E-state index in [0.717, 1.165) is 24.6 Å². The molecule has 0 amide bonds. The van der Waals surface area contributed by atoms with Crippen molar-refractivity contribution in [3.05, 3.63) is 81.8 Å². The Bertz CT molecular complexity index is 1190. The molecular weight excluding hydrogens is 538 g/mol. The summed E-state index contributed by atoms with van der Waals surface area (Å²) in [6.07, 6.45) is 4.01. The minimum absolute atomic E-state index is 0.0764. The van der Waals surface area contributed by atoms with Gasteiger partial charge in [-0.25, -0.2) is 9.18 Å². The zero-order valence-corrected chi connectivity index (χ0v) is 21.0. The smallest absolute Gasteiger partial charge is 0.387 e. The summed E-state index contributed by atoms with van der Waals surface area (Å²) in [6, 6.07) is 9.71. The number of pyridine rings is 1. The monoisotopic (exact) mass is 557 g/mol. The van der Waals surface area contributed by atoms with Crippen LogP contribution in [-0.4, -0.2) is 23.5 Å². The van der Waals surface area contributed by atoms with Crippen LogP contribution in [0.25, 0.3) is 0 Å². The Balaban J connectivity index is 1.62. The standard InChI is InChI=1S/C25H20Cl2F3NO4S/c26-19-11-31-12-20(27)18(19)10-22(35-25(32)36-17-6-4-16(28)5-7-17)15-3-8-21(34-24(29)30)23(9-15)33-13-14-1-2-14/h3-9,11-12,14,22,24H,1-2,10,13H2/t22-/m0/s1. The quantitative estimate of drug-likeness (QED) is 0.185. The van der Waals surface area contributed by atoms with Crippen molar-refractivity contribution < 1.29 is 32.2 Å². The van der Waals surface area contributed by atoms with Gasteiger partial charge in [-0.3, -0.25) is 4.98 Å². The van der Waals surface area contributed by atoms with Crippen molar-refractivity contribution in [3.8, 4) is 11.5 Å². The molecule has 11 heteroatoms. The third-order valence-corrected chi connectivity index (χ3v) is 6.74. The maximum absolute atomic E-state index is 13.2. The minimum Gasteiger partial charge on any atom is -0.489 e. The number of thioether (sulfide) groups is 1. The third-order valence-electron chi connectivity index (χ3n) is 5.32. The SMILES string of the molecule is O=C(O[C@@H](Cc1c(Cl)cncc1Cl)c1ccc(OC(F)F)c(OCC2CC2)c1)Sc1ccc(F)cc1. The van der Waals surface area contributed by atoms with Crippen molar-refractivity contribution in [1.82, 2.24) is 4.98 Å². The molecule has 1 aromatic heterocycles. The zero-order chi connectivity index (χ0) is 25.7. The molecule has 2 aromatic carbocycles. The fourth-order valence-electron chi connectivity index (χ4n) is 3.31. The van der Waals surface area contributed by atoms with E-state index in [1.165, 1.54) is 54.9 Å². The lowest BCUT2D eigenvalue weighted by atomic mass is 10.0. The molecule has 1 aliphatic carbocycles. The van der Waals surface area contributed by atoms with E-state index < -0.39 is 23.8 Å². The average Bonchev–Trinajstić information content (AvgIpc) is 3.66. The fraction of sp³-hybridized carbons (Fsp3) is 0.280. The highest BCUT2D eigenvalue weighted by Gasteiger charge is 2.26. The topological polar surface area (TPSA) is 57.7 Å². The lowest BCUT2D eigenvalue weighted by Gasteiger charge is -2.21. The number of carbonyl (C=O) groups excluding carboxylic acids is 1. The number of carbonyl (C=O) groups is 1. The number of hydrogen-bond donors (Lipinski definition) is 0. The highest BCUT2D eigenvalue weighted by atomic mass is 35.5. The molecule has 5 nitrogen and oxygen atoms in total. The molecule has 3 aromatic rings. The first-order valence-electron chi connectivity index (χ1n) is 10.9. The van der Waals surface area contributed by atoms with Crippen LogP contribution in [0.2, 0.25) is 10.0 Å². The van der Waals surface area contributed by atoms with Gasteiger partial charge in [0.15, 0.2) is 11.5 Å². The van der Waals surface area contributed by atoms with Crippen LogP contribution >= 0.6 is 35.0 Å². The Morgan fingerprint density at radius 3 is 2.39 bits per heavy atom. The van der Waals surface area contributed by atoms with Crippen LogP contribution in [-0.2, 0) is 11.2 Å². The van der Waals surface area contributed by atoms with Crippen molar-refractivity contribution in [1.29, 1.82) is 0 Å². The average molecular weight is 558 g/mol. The summed E-state index contributed by atoms with van der Waals surface area (Å²) in [5, 5.41) is -0.114. The van der Waals surface area contributed by atoms with Gasteiger partial charge in [0.25, 0.3) is 0 Å². The highest BCUT2D eigenvalue weighted by molar-refractivity contribution is 8.13. The van der Waals surface area contributed by atoms with Crippen molar-refractivity contribution >= 4 is 40.3 Å². The number of rotatable bonds is 10. The molecule has 1 saturated carbocycles. The molecule has 0 saturated heterocycles. The first-order valence-corrected chi connectivity index (χ1v) is 12.5. The Kier molecular flexibility index (Phi) is 8.87. The molecule has 4 rings (SSSR count). The molecule has 1 atom stereocenters. The molecule has 0 aliphatic heterocycles. The largest absolute Gasteiger partial charge is 0.489 e.